The van der Waals surface area contributed by atoms with Gasteiger partial charge in [0, 0.05) is 11.8 Å². The molecule has 0 aliphatic carbocycles. The van der Waals surface area contributed by atoms with Gasteiger partial charge in [-0.15, -0.1) is 0 Å². The quantitative estimate of drug-likeness (QED) is 0.611. The molecule has 0 fully saturated rings. The van der Waals surface area contributed by atoms with Crippen LogP contribution in [0.2, 0.25) is 0 Å². The van der Waals surface area contributed by atoms with E-state index in [1.54, 1.807) is 0 Å². The Kier molecular flexibility index (Phi) is 4.52. The molecular weight excluding hydrogens is 371 g/mol. The number of nitrogens with zero attached hydrogens (tertiary/aromatic N) is 4. The van der Waals surface area contributed by atoms with Gasteiger partial charge < -0.3 is 4.74 Å². The van der Waals surface area contributed by atoms with Crippen LogP contribution >= 0.6 is 0 Å². The van der Waals surface area contributed by atoms with Crippen molar-refractivity contribution >= 4 is 5.52 Å². The Bertz CT molecular complexity index is 981. The van der Waals surface area contributed by atoms with E-state index in [4.69, 9.17) is 4.74 Å². The minimum absolute atomic E-state index is 0.193. The molecule has 0 spiro atoms. The van der Waals surface area contributed by atoms with Gasteiger partial charge in [0.1, 0.15) is 24.5 Å². The predicted octanol–water partition coefficient (Wildman–Crippen LogP) is 4.68. The second-order valence-electron chi connectivity index (χ2n) is 6.43. The maximum absolute atomic E-state index is 14.3. The Morgan fingerprint density at radius 2 is 1.74 bits per heavy atom. The van der Waals surface area contributed by atoms with Crippen molar-refractivity contribution in [2.75, 3.05) is 0 Å². The number of hydrogen-bond donors (Lipinski definition) is 0. The number of alkyl halides is 4. The molecular formula is C17H15F5N4O. The van der Waals surface area contributed by atoms with E-state index < -0.39 is 29.6 Å². The Balaban J connectivity index is 1.96. The number of hydrogen-bond acceptors (Lipinski definition) is 4. The van der Waals surface area contributed by atoms with Crippen molar-refractivity contribution < 1.29 is 26.7 Å². The highest BCUT2D eigenvalue weighted by molar-refractivity contribution is 5.66. The normalized spacial score (nSPS) is 13.8. The Hall–Kier alpha value is -2.78. The number of rotatable bonds is 4. The van der Waals surface area contributed by atoms with E-state index in [0.29, 0.717) is 5.52 Å². The summed E-state index contributed by atoms with van der Waals surface area (Å²) in [6.45, 7) is 2.88. The van der Waals surface area contributed by atoms with Gasteiger partial charge in [-0.3, -0.25) is 4.40 Å². The number of imidazole rings is 1. The number of ether oxygens (including phenoxy) is 1. The first-order valence-corrected chi connectivity index (χ1v) is 7.88. The second-order valence-corrected chi connectivity index (χ2v) is 6.43. The molecule has 0 N–H and O–H groups in total. The molecule has 0 aromatic carbocycles. The van der Waals surface area contributed by atoms with Crippen LogP contribution in [-0.2, 0) is 0 Å². The summed E-state index contributed by atoms with van der Waals surface area (Å²) in [5.74, 6) is -1.84. The van der Waals surface area contributed by atoms with Crippen LogP contribution in [0.25, 0.3) is 16.8 Å². The highest BCUT2D eigenvalue weighted by atomic mass is 19.4. The first-order valence-electron chi connectivity index (χ1n) is 7.88. The third kappa shape index (κ3) is 3.56. The zero-order valence-corrected chi connectivity index (χ0v) is 14.6. The molecule has 0 amide bonds. The van der Waals surface area contributed by atoms with E-state index in [0.717, 1.165) is 26.1 Å². The van der Waals surface area contributed by atoms with Gasteiger partial charge >= 0.3 is 6.18 Å². The standard InChI is InChI=1S/C17H15F5N4O/c1-9(18)14-13-5-12(24-7-26(13)8-25-14)10-4-11(19)15(23-6-10)27-16(2,3)17(20,21)22/h4-9H,1-3H3. The third-order valence-electron chi connectivity index (χ3n) is 3.97. The van der Waals surface area contributed by atoms with Crippen molar-refractivity contribution in [2.24, 2.45) is 0 Å². The van der Waals surface area contributed by atoms with Gasteiger partial charge in [0.25, 0.3) is 5.88 Å². The zero-order chi connectivity index (χ0) is 20.0. The molecule has 0 aliphatic rings. The average molecular weight is 386 g/mol. The van der Waals surface area contributed by atoms with Crippen LogP contribution in [0.4, 0.5) is 22.0 Å². The number of halogens is 5. The molecule has 0 aliphatic heterocycles. The third-order valence-corrected chi connectivity index (χ3v) is 3.97. The number of aromatic nitrogens is 4. The number of fused-ring (bicyclic) bond motifs is 1. The SMILES string of the molecule is CC(F)c1ncn2cnc(-c3cnc(OC(C)(C)C(F)(F)F)c(F)c3)cc12. The second kappa shape index (κ2) is 6.43. The molecule has 3 rings (SSSR count). The maximum Gasteiger partial charge on any atom is 0.427 e. The molecule has 10 heteroatoms. The molecule has 0 radical (unpaired) electrons. The summed E-state index contributed by atoms with van der Waals surface area (Å²) in [6, 6.07) is 2.46. The number of pyridine rings is 1. The highest BCUT2D eigenvalue weighted by Crippen LogP contribution is 2.35. The Labute approximate surface area is 150 Å². The summed E-state index contributed by atoms with van der Waals surface area (Å²) >= 11 is 0. The van der Waals surface area contributed by atoms with E-state index in [-0.39, 0.29) is 17.0 Å². The largest absolute Gasteiger partial charge is 0.460 e. The summed E-state index contributed by atoms with van der Waals surface area (Å²) in [5, 5.41) is 0. The van der Waals surface area contributed by atoms with Crippen LogP contribution in [0.15, 0.2) is 31.0 Å². The first-order chi connectivity index (χ1) is 12.5. The molecule has 1 unspecified atom stereocenters. The minimum atomic E-state index is -4.70. The maximum atomic E-state index is 14.3. The van der Waals surface area contributed by atoms with Crippen LogP contribution in [-0.4, -0.2) is 31.1 Å². The minimum Gasteiger partial charge on any atom is -0.460 e. The fourth-order valence-electron chi connectivity index (χ4n) is 2.32. The van der Waals surface area contributed by atoms with E-state index in [2.05, 4.69) is 15.0 Å². The molecule has 3 aromatic heterocycles. The van der Waals surface area contributed by atoms with E-state index in [1.165, 1.54) is 30.0 Å². The smallest absolute Gasteiger partial charge is 0.427 e. The molecule has 0 saturated heterocycles. The van der Waals surface area contributed by atoms with Crippen LogP contribution in [0.5, 0.6) is 5.88 Å². The summed E-state index contributed by atoms with van der Waals surface area (Å²) < 4.78 is 72.8. The fourth-order valence-corrected chi connectivity index (χ4v) is 2.32. The van der Waals surface area contributed by atoms with Crippen molar-refractivity contribution in [3.8, 4) is 17.1 Å². The lowest BCUT2D eigenvalue weighted by Crippen LogP contribution is -2.45. The summed E-state index contributed by atoms with van der Waals surface area (Å²) in [5.41, 5.74) is -1.51. The molecule has 3 heterocycles. The Morgan fingerprint density at radius 3 is 2.33 bits per heavy atom. The average Bonchev–Trinajstić information content (AvgIpc) is 2.98. The van der Waals surface area contributed by atoms with Crippen molar-refractivity contribution in [1.29, 1.82) is 0 Å². The lowest BCUT2D eigenvalue weighted by atomic mass is 10.1. The molecule has 144 valence electrons. The molecule has 1 atom stereocenters. The van der Waals surface area contributed by atoms with Gasteiger partial charge in [0.15, 0.2) is 11.4 Å². The molecule has 5 nitrogen and oxygen atoms in total. The lowest BCUT2D eigenvalue weighted by Gasteiger charge is -2.28. The summed E-state index contributed by atoms with van der Waals surface area (Å²) in [7, 11) is 0. The molecule has 3 aromatic rings. The lowest BCUT2D eigenvalue weighted by molar-refractivity contribution is -0.235. The molecule has 0 bridgehead atoms. The predicted molar refractivity (Wildman–Crippen MR) is 86.5 cm³/mol. The zero-order valence-electron chi connectivity index (χ0n) is 14.6. The van der Waals surface area contributed by atoms with Crippen LogP contribution < -0.4 is 4.74 Å². The van der Waals surface area contributed by atoms with Crippen molar-refractivity contribution in [1.82, 2.24) is 19.4 Å². The van der Waals surface area contributed by atoms with Crippen molar-refractivity contribution in [2.45, 2.75) is 38.7 Å². The van der Waals surface area contributed by atoms with Crippen molar-refractivity contribution in [3.63, 3.8) is 0 Å². The highest BCUT2D eigenvalue weighted by Gasteiger charge is 2.50. The summed E-state index contributed by atoms with van der Waals surface area (Å²) in [4.78, 5) is 11.7. The monoisotopic (exact) mass is 386 g/mol. The van der Waals surface area contributed by atoms with Gasteiger partial charge in [-0.1, -0.05) is 0 Å². The molecule has 0 saturated carbocycles. The topological polar surface area (TPSA) is 52.3 Å². The van der Waals surface area contributed by atoms with Gasteiger partial charge in [0.05, 0.1) is 11.2 Å². The van der Waals surface area contributed by atoms with Gasteiger partial charge in [-0.25, -0.2) is 23.7 Å². The fraction of sp³-hybridized carbons (Fsp3) is 0.353. The van der Waals surface area contributed by atoms with Crippen LogP contribution in [0, 0.1) is 5.82 Å². The summed E-state index contributed by atoms with van der Waals surface area (Å²) in [6.07, 6.45) is -2.11. The van der Waals surface area contributed by atoms with E-state index in [1.807, 2.05) is 0 Å². The van der Waals surface area contributed by atoms with Gasteiger partial charge in [-0.05, 0) is 32.9 Å². The first kappa shape index (κ1) is 19.0. The molecule has 27 heavy (non-hydrogen) atoms. The van der Waals surface area contributed by atoms with Gasteiger partial charge in [-0.2, -0.15) is 13.2 Å². The van der Waals surface area contributed by atoms with E-state index >= 15 is 0 Å². The van der Waals surface area contributed by atoms with Crippen LogP contribution in [0.3, 0.4) is 0 Å². The van der Waals surface area contributed by atoms with Crippen LogP contribution in [0.1, 0.15) is 32.6 Å². The Morgan fingerprint density at radius 1 is 1.07 bits per heavy atom. The van der Waals surface area contributed by atoms with E-state index in [9.17, 15) is 22.0 Å². The van der Waals surface area contributed by atoms with Gasteiger partial charge in [0.2, 0.25) is 0 Å². The van der Waals surface area contributed by atoms with Crippen molar-refractivity contribution in [3.05, 3.63) is 42.5 Å².